The molecule has 0 saturated carbocycles. The number of alkyl carbamates (subject to hydrolysis) is 1. The summed E-state index contributed by atoms with van der Waals surface area (Å²) in [7, 11) is 0. The Bertz CT molecular complexity index is 698. The van der Waals surface area contributed by atoms with E-state index in [1.807, 2.05) is 29.6 Å². The van der Waals surface area contributed by atoms with Crippen LogP contribution in [-0.2, 0) is 19.1 Å². The Hall–Kier alpha value is -2.13. The summed E-state index contributed by atoms with van der Waals surface area (Å²) in [6.07, 6.45) is -0.710. The largest absolute Gasteiger partial charge is 0.456 e. The van der Waals surface area contributed by atoms with Crippen molar-refractivity contribution in [1.29, 1.82) is 0 Å². The van der Waals surface area contributed by atoms with Gasteiger partial charge in [-0.1, -0.05) is 23.9 Å². The average Bonchev–Trinajstić information content (AvgIpc) is 2.96. The molecule has 128 valence electrons. The second-order valence-corrected chi connectivity index (χ2v) is 6.85. The zero-order valence-corrected chi connectivity index (χ0v) is 14.6. The molecule has 0 saturated heterocycles. The van der Waals surface area contributed by atoms with E-state index in [1.54, 1.807) is 18.3 Å². The lowest BCUT2D eigenvalue weighted by atomic mass is 10.3. The predicted octanol–water partition coefficient (Wildman–Crippen LogP) is 2.59. The van der Waals surface area contributed by atoms with Crippen LogP contribution in [0, 0.1) is 0 Å². The topological polar surface area (TPSA) is 94.6 Å². The van der Waals surface area contributed by atoms with E-state index in [9.17, 15) is 14.4 Å². The van der Waals surface area contributed by atoms with Crippen LogP contribution in [0.15, 0.2) is 28.6 Å². The van der Waals surface area contributed by atoms with Crippen molar-refractivity contribution < 1.29 is 23.9 Å². The van der Waals surface area contributed by atoms with E-state index >= 15 is 0 Å². The molecule has 24 heavy (non-hydrogen) atoms. The van der Waals surface area contributed by atoms with Gasteiger partial charge in [-0.2, -0.15) is 0 Å². The molecule has 1 heterocycles. The van der Waals surface area contributed by atoms with E-state index in [0.29, 0.717) is 5.75 Å². The number of benzene rings is 1. The summed E-state index contributed by atoms with van der Waals surface area (Å²) in [6, 6.07) is 7.81. The number of imide groups is 1. The van der Waals surface area contributed by atoms with Gasteiger partial charge in [0.1, 0.15) is 0 Å². The fraction of sp³-hybridized carbons (Fsp3) is 0.333. The fourth-order valence-electron chi connectivity index (χ4n) is 1.67. The van der Waals surface area contributed by atoms with Crippen LogP contribution in [-0.4, -0.2) is 41.9 Å². The summed E-state index contributed by atoms with van der Waals surface area (Å²) in [4.78, 5) is 38.3. The van der Waals surface area contributed by atoms with Gasteiger partial charge >= 0.3 is 12.1 Å². The first-order valence-corrected chi connectivity index (χ1v) is 8.99. The van der Waals surface area contributed by atoms with Crippen LogP contribution in [0.1, 0.15) is 13.3 Å². The highest BCUT2D eigenvalue weighted by Crippen LogP contribution is 2.29. The van der Waals surface area contributed by atoms with Gasteiger partial charge in [-0.05, 0) is 19.1 Å². The van der Waals surface area contributed by atoms with Gasteiger partial charge in [0.05, 0.1) is 23.2 Å². The number of aromatic nitrogens is 1. The molecule has 1 aromatic carbocycles. The highest BCUT2D eigenvalue weighted by molar-refractivity contribution is 8.01. The number of nitrogens with zero attached hydrogens (tertiary/aromatic N) is 1. The van der Waals surface area contributed by atoms with Gasteiger partial charge in [-0.15, -0.1) is 11.3 Å². The maximum Gasteiger partial charge on any atom is 0.413 e. The van der Waals surface area contributed by atoms with E-state index in [-0.39, 0.29) is 13.0 Å². The minimum atomic E-state index is -0.857. The van der Waals surface area contributed by atoms with E-state index in [2.05, 4.69) is 9.72 Å². The summed E-state index contributed by atoms with van der Waals surface area (Å²) in [5.74, 6) is -0.735. The van der Waals surface area contributed by atoms with Crippen LogP contribution < -0.4 is 5.32 Å². The number of nitrogens with one attached hydrogen (secondary N) is 1. The summed E-state index contributed by atoms with van der Waals surface area (Å²) >= 11 is 3.02. The first kappa shape index (κ1) is 18.2. The molecule has 2 amide bonds. The number of para-hydroxylation sites is 1. The van der Waals surface area contributed by atoms with Gasteiger partial charge in [0.2, 0.25) is 0 Å². The Kier molecular flexibility index (Phi) is 7.01. The number of carbonyl (C=O) groups excluding carboxylic acids is 3. The molecule has 9 heteroatoms. The quantitative estimate of drug-likeness (QED) is 0.593. The average molecular weight is 368 g/mol. The predicted molar refractivity (Wildman–Crippen MR) is 91.1 cm³/mol. The number of ether oxygens (including phenoxy) is 2. The SMILES string of the molecule is CCOC(=O)NC(=O)COC(=O)CCSc1nc2ccccc2s1. The molecular formula is C15H16N2O5S2. The normalized spacial score (nSPS) is 10.4. The summed E-state index contributed by atoms with van der Waals surface area (Å²) < 4.78 is 11.3. The van der Waals surface area contributed by atoms with Crippen LogP contribution in [0.2, 0.25) is 0 Å². The Morgan fingerprint density at radius 1 is 1.25 bits per heavy atom. The highest BCUT2D eigenvalue weighted by Gasteiger charge is 2.12. The number of hydrogen-bond acceptors (Lipinski definition) is 8. The summed E-state index contributed by atoms with van der Waals surface area (Å²) in [5, 5.41) is 1.94. The highest BCUT2D eigenvalue weighted by atomic mass is 32.2. The molecule has 0 fully saturated rings. The Labute approximate surface area is 146 Å². The molecule has 2 aromatic rings. The van der Waals surface area contributed by atoms with Crippen molar-refractivity contribution in [3.8, 4) is 0 Å². The van der Waals surface area contributed by atoms with Crippen LogP contribution in [0.25, 0.3) is 10.2 Å². The molecule has 1 aromatic heterocycles. The molecule has 0 bridgehead atoms. The molecule has 0 radical (unpaired) electrons. The molecule has 0 atom stereocenters. The van der Waals surface area contributed by atoms with E-state index < -0.39 is 24.6 Å². The molecule has 1 N–H and O–H groups in total. The van der Waals surface area contributed by atoms with Crippen molar-refractivity contribution in [3.05, 3.63) is 24.3 Å². The van der Waals surface area contributed by atoms with Crippen LogP contribution in [0.4, 0.5) is 4.79 Å². The van der Waals surface area contributed by atoms with Crippen LogP contribution in [0.5, 0.6) is 0 Å². The van der Waals surface area contributed by atoms with Crippen molar-refractivity contribution in [2.24, 2.45) is 0 Å². The standard InChI is InChI=1S/C15H16N2O5S2/c1-2-21-14(20)17-12(18)9-22-13(19)7-8-23-15-16-10-5-3-4-6-11(10)24-15/h3-6H,2,7-9H2,1H3,(H,17,18,20). The van der Waals surface area contributed by atoms with Crippen molar-refractivity contribution in [2.75, 3.05) is 19.0 Å². The Balaban J connectivity index is 1.66. The van der Waals surface area contributed by atoms with Gasteiger partial charge in [0.25, 0.3) is 5.91 Å². The third-order valence-corrected chi connectivity index (χ3v) is 4.87. The molecule has 0 aliphatic carbocycles. The number of esters is 1. The molecular weight excluding hydrogens is 352 g/mol. The van der Waals surface area contributed by atoms with Crippen LogP contribution >= 0.6 is 23.1 Å². The van der Waals surface area contributed by atoms with Crippen LogP contribution in [0.3, 0.4) is 0 Å². The zero-order chi connectivity index (χ0) is 17.4. The van der Waals surface area contributed by atoms with Gasteiger partial charge in [-0.25, -0.2) is 9.78 Å². The molecule has 0 unspecified atom stereocenters. The van der Waals surface area contributed by atoms with Gasteiger partial charge < -0.3 is 9.47 Å². The smallest absolute Gasteiger partial charge is 0.413 e. The zero-order valence-electron chi connectivity index (χ0n) is 12.9. The number of hydrogen-bond donors (Lipinski definition) is 1. The van der Waals surface area contributed by atoms with Crippen molar-refractivity contribution in [1.82, 2.24) is 10.3 Å². The van der Waals surface area contributed by atoms with Crippen molar-refractivity contribution in [2.45, 2.75) is 17.7 Å². The maximum absolute atomic E-state index is 11.6. The first-order chi connectivity index (χ1) is 11.6. The molecule has 0 aliphatic rings. The number of fused-ring (bicyclic) bond motifs is 1. The Morgan fingerprint density at radius 3 is 2.79 bits per heavy atom. The minimum absolute atomic E-state index is 0.146. The third kappa shape index (κ3) is 5.82. The summed E-state index contributed by atoms with van der Waals surface area (Å²) in [6.45, 7) is 1.26. The second kappa shape index (κ2) is 9.24. The molecule has 0 aliphatic heterocycles. The lowest BCUT2D eigenvalue weighted by Crippen LogP contribution is -2.34. The first-order valence-electron chi connectivity index (χ1n) is 7.19. The fourth-order valence-corrected chi connectivity index (χ4v) is 3.73. The maximum atomic E-state index is 11.6. The number of amides is 2. The monoisotopic (exact) mass is 368 g/mol. The van der Waals surface area contributed by atoms with Crippen molar-refractivity contribution >= 4 is 51.3 Å². The number of thiazole rings is 1. The van der Waals surface area contributed by atoms with E-state index in [1.165, 1.54) is 11.8 Å². The van der Waals surface area contributed by atoms with E-state index in [0.717, 1.165) is 14.6 Å². The van der Waals surface area contributed by atoms with Gasteiger partial charge in [0.15, 0.2) is 10.9 Å². The second-order valence-electron chi connectivity index (χ2n) is 4.48. The molecule has 0 spiro atoms. The van der Waals surface area contributed by atoms with Gasteiger partial charge in [-0.3, -0.25) is 14.9 Å². The number of carbonyl (C=O) groups is 3. The number of rotatable bonds is 7. The van der Waals surface area contributed by atoms with Gasteiger partial charge in [0, 0.05) is 5.75 Å². The number of thioether (sulfide) groups is 1. The molecule has 2 rings (SSSR count). The van der Waals surface area contributed by atoms with E-state index in [4.69, 9.17) is 4.74 Å². The lowest BCUT2D eigenvalue weighted by Gasteiger charge is -2.05. The summed E-state index contributed by atoms with van der Waals surface area (Å²) in [5.41, 5.74) is 0.934. The third-order valence-electron chi connectivity index (χ3n) is 2.69. The van der Waals surface area contributed by atoms with Crippen molar-refractivity contribution in [3.63, 3.8) is 0 Å². The Morgan fingerprint density at radius 2 is 2.04 bits per heavy atom. The minimum Gasteiger partial charge on any atom is -0.456 e. The molecule has 7 nitrogen and oxygen atoms in total. The lowest BCUT2D eigenvalue weighted by molar-refractivity contribution is -0.147.